The maximum Gasteiger partial charge on any atom is 0.275 e. The van der Waals surface area contributed by atoms with Crippen LogP contribution >= 0.6 is 11.6 Å². The van der Waals surface area contributed by atoms with E-state index >= 15 is 0 Å². The van der Waals surface area contributed by atoms with Crippen LogP contribution in [0.4, 0.5) is 0 Å². The number of rotatable bonds is 6. The highest BCUT2D eigenvalue weighted by Crippen LogP contribution is 2.28. The summed E-state index contributed by atoms with van der Waals surface area (Å²) in [4.78, 5) is 16.7. The Hall–Kier alpha value is -2.59. The predicted molar refractivity (Wildman–Crippen MR) is 110 cm³/mol. The molecule has 0 fully saturated rings. The predicted octanol–water partition coefficient (Wildman–Crippen LogP) is 4.97. The SMILES string of the molecule is COc1ccc(/C=C2/N=C(CCc3ccccc3Cl)NC2=O)cc1C(C)C. The Kier molecular flexibility index (Phi) is 5.97. The molecule has 0 saturated carbocycles. The topological polar surface area (TPSA) is 50.7 Å². The summed E-state index contributed by atoms with van der Waals surface area (Å²) in [6, 6.07) is 13.6. The van der Waals surface area contributed by atoms with Crippen LogP contribution in [0.15, 0.2) is 53.2 Å². The largest absolute Gasteiger partial charge is 0.496 e. The third-order valence-corrected chi connectivity index (χ3v) is 4.88. The number of carbonyl (C=O) groups excluding carboxylic acids is 1. The van der Waals surface area contributed by atoms with Gasteiger partial charge in [0.05, 0.1) is 7.11 Å². The molecule has 3 rings (SSSR count). The standard InChI is InChI=1S/C22H23ClN2O2/c1-14(2)17-12-15(8-10-20(17)27-3)13-19-22(26)25-21(24-19)11-9-16-6-4-5-7-18(16)23/h4-8,10,12-14H,9,11H2,1-3H3,(H,24,25,26)/b19-13+. The molecular weight excluding hydrogens is 360 g/mol. The zero-order valence-electron chi connectivity index (χ0n) is 15.8. The highest BCUT2D eigenvalue weighted by atomic mass is 35.5. The first-order valence-corrected chi connectivity index (χ1v) is 9.37. The lowest BCUT2D eigenvalue weighted by Gasteiger charge is -2.12. The van der Waals surface area contributed by atoms with Crippen molar-refractivity contribution in [2.75, 3.05) is 7.11 Å². The van der Waals surface area contributed by atoms with E-state index < -0.39 is 0 Å². The first kappa shape index (κ1) is 19.2. The smallest absolute Gasteiger partial charge is 0.275 e. The fourth-order valence-corrected chi connectivity index (χ4v) is 3.27. The van der Waals surface area contributed by atoms with Crippen LogP contribution < -0.4 is 10.1 Å². The van der Waals surface area contributed by atoms with E-state index in [-0.39, 0.29) is 5.91 Å². The Balaban J connectivity index is 1.77. The molecule has 0 radical (unpaired) electrons. The summed E-state index contributed by atoms with van der Waals surface area (Å²) in [7, 11) is 1.67. The van der Waals surface area contributed by atoms with Gasteiger partial charge in [-0.1, -0.05) is 49.7 Å². The molecule has 1 aliphatic heterocycles. The number of nitrogens with one attached hydrogen (secondary N) is 1. The molecule has 2 aromatic rings. The van der Waals surface area contributed by atoms with Crippen LogP contribution in [0.2, 0.25) is 5.02 Å². The average molecular weight is 383 g/mol. The second-order valence-corrected chi connectivity index (χ2v) is 7.20. The molecular formula is C22H23ClN2O2. The van der Waals surface area contributed by atoms with Crippen molar-refractivity contribution in [2.45, 2.75) is 32.6 Å². The van der Waals surface area contributed by atoms with E-state index in [0.717, 1.165) is 33.9 Å². The molecule has 0 atom stereocenters. The van der Waals surface area contributed by atoms with Gasteiger partial charge >= 0.3 is 0 Å². The van der Waals surface area contributed by atoms with Gasteiger partial charge < -0.3 is 10.1 Å². The minimum atomic E-state index is -0.175. The van der Waals surface area contributed by atoms with Gasteiger partial charge in [0.15, 0.2) is 0 Å². The van der Waals surface area contributed by atoms with Crippen LogP contribution in [0.5, 0.6) is 5.75 Å². The van der Waals surface area contributed by atoms with Crippen molar-refractivity contribution in [2.24, 2.45) is 4.99 Å². The van der Waals surface area contributed by atoms with Crippen LogP contribution in [0, 0.1) is 0 Å². The number of aliphatic imine (C=N–C) groups is 1. The Labute approximate surface area is 164 Å². The number of amidine groups is 1. The Morgan fingerprint density at radius 2 is 1.96 bits per heavy atom. The van der Waals surface area contributed by atoms with Crippen molar-refractivity contribution in [3.8, 4) is 5.75 Å². The molecule has 1 N–H and O–H groups in total. The highest BCUT2D eigenvalue weighted by Gasteiger charge is 2.20. The lowest BCUT2D eigenvalue weighted by atomic mass is 9.99. The van der Waals surface area contributed by atoms with E-state index in [0.29, 0.717) is 23.9 Å². The van der Waals surface area contributed by atoms with Gasteiger partial charge in [0, 0.05) is 11.4 Å². The number of methoxy groups -OCH3 is 1. The first-order chi connectivity index (χ1) is 13.0. The fourth-order valence-electron chi connectivity index (χ4n) is 3.04. The van der Waals surface area contributed by atoms with E-state index in [2.05, 4.69) is 24.2 Å². The summed E-state index contributed by atoms with van der Waals surface area (Å²) in [6.45, 7) is 4.23. The monoisotopic (exact) mass is 382 g/mol. The summed E-state index contributed by atoms with van der Waals surface area (Å²) in [5, 5.41) is 3.58. The maximum absolute atomic E-state index is 12.3. The zero-order valence-corrected chi connectivity index (χ0v) is 16.5. The molecule has 2 aromatic carbocycles. The number of carbonyl (C=O) groups is 1. The number of aryl methyl sites for hydroxylation is 1. The molecule has 1 heterocycles. The summed E-state index contributed by atoms with van der Waals surface area (Å²) in [5.41, 5.74) is 3.50. The molecule has 1 aliphatic rings. The van der Waals surface area contributed by atoms with Gasteiger partial charge in [0.2, 0.25) is 0 Å². The molecule has 0 bridgehead atoms. The number of nitrogens with zero attached hydrogens (tertiary/aromatic N) is 1. The number of hydrogen-bond donors (Lipinski definition) is 1. The van der Waals surface area contributed by atoms with Crippen LogP contribution in [-0.2, 0) is 11.2 Å². The second kappa shape index (κ2) is 8.40. The van der Waals surface area contributed by atoms with E-state index in [1.54, 1.807) is 7.11 Å². The first-order valence-electron chi connectivity index (χ1n) is 9.00. The van der Waals surface area contributed by atoms with E-state index in [1.165, 1.54) is 0 Å². The molecule has 5 heteroatoms. The summed E-state index contributed by atoms with van der Waals surface area (Å²) < 4.78 is 5.42. The minimum absolute atomic E-state index is 0.175. The van der Waals surface area contributed by atoms with Gasteiger partial charge in [-0.15, -0.1) is 0 Å². The molecule has 0 aliphatic carbocycles. The van der Waals surface area contributed by atoms with Crippen LogP contribution in [0.25, 0.3) is 6.08 Å². The van der Waals surface area contributed by atoms with E-state index in [1.807, 2.05) is 48.5 Å². The quantitative estimate of drug-likeness (QED) is 0.717. The molecule has 0 saturated heterocycles. The van der Waals surface area contributed by atoms with Crippen molar-refractivity contribution in [3.05, 3.63) is 69.9 Å². The Morgan fingerprint density at radius 3 is 2.67 bits per heavy atom. The zero-order chi connectivity index (χ0) is 19.4. The third kappa shape index (κ3) is 4.58. The van der Waals surface area contributed by atoms with Gasteiger partial charge in [0.1, 0.15) is 17.3 Å². The number of hydrogen-bond acceptors (Lipinski definition) is 3. The fraction of sp³-hybridized carbons (Fsp3) is 0.273. The molecule has 1 amide bonds. The van der Waals surface area contributed by atoms with Crippen molar-refractivity contribution in [1.82, 2.24) is 5.32 Å². The lowest BCUT2D eigenvalue weighted by Crippen LogP contribution is -2.24. The van der Waals surface area contributed by atoms with Crippen molar-refractivity contribution in [3.63, 3.8) is 0 Å². The molecule has 0 aromatic heterocycles. The summed E-state index contributed by atoms with van der Waals surface area (Å²) in [6.07, 6.45) is 3.17. The highest BCUT2D eigenvalue weighted by molar-refractivity contribution is 6.31. The average Bonchev–Trinajstić information content (AvgIpc) is 3.00. The van der Waals surface area contributed by atoms with Gasteiger partial charge in [0.25, 0.3) is 5.91 Å². The number of benzene rings is 2. The lowest BCUT2D eigenvalue weighted by molar-refractivity contribution is -0.115. The van der Waals surface area contributed by atoms with Crippen molar-refractivity contribution in [1.29, 1.82) is 0 Å². The van der Waals surface area contributed by atoms with Gasteiger partial charge in [-0.05, 0) is 53.3 Å². The van der Waals surface area contributed by atoms with Crippen LogP contribution in [-0.4, -0.2) is 18.9 Å². The van der Waals surface area contributed by atoms with Crippen LogP contribution in [0.3, 0.4) is 0 Å². The van der Waals surface area contributed by atoms with Crippen molar-refractivity contribution < 1.29 is 9.53 Å². The Bertz CT molecular complexity index is 916. The van der Waals surface area contributed by atoms with Gasteiger partial charge in [-0.25, -0.2) is 4.99 Å². The van der Waals surface area contributed by atoms with Crippen molar-refractivity contribution >= 4 is 29.4 Å². The van der Waals surface area contributed by atoms with Crippen LogP contribution in [0.1, 0.15) is 42.9 Å². The van der Waals surface area contributed by atoms with E-state index in [4.69, 9.17) is 16.3 Å². The third-order valence-electron chi connectivity index (χ3n) is 4.51. The molecule has 140 valence electrons. The maximum atomic E-state index is 12.3. The Morgan fingerprint density at radius 1 is 1.19 bits per heavy atom. The molecule has 0 spiro atoms. The normalized spacial score (nSPS) is 15.2. The number of halogens is 1. The van der Waals surface area contributed by atoms with E-state index in [9.17, 15) is 4.79 Å². The number of ether oxygens (including phenoxy) is 1. The van der Waals surface area contributed by atoms with Gasteiger partial charge in [-0.3, -0.25) is 4.79 Å². The number of amides is 1. The minimum Gasteiger partial charge on any atom is -0.496 e. The molecule has 27 heavy (non-hydrogen) atoms. The molecule has 0 unspecified atom stereocenters. The summed E-state index contributed by atoms with van der Waals surface area (Å²) in [5.74, 6) is 1.67. The molecule has 4 nitrogen and oxygen atoms in total. The summed E-state index contributed by atoms with van der Waals surface area (Å²) >= 11 is 6.19. The van der Waals surface area contributed by atoms with Gasteiger partial charge in [-0.2, -0.15) is 0 Å². The second-order valence-electron chi connectivity index (χ2n) is 6.79.